The minimum absolute atomic E-state index is 0.184. The lowest BCUT2D eigenvalue weighted by Crippen LogP contribution is -2.47. The van der Waals surface area contributed by atoms with E-state index in [4.69, 9.17) is 0 Å². The first-order chi connectivity index (χ1) is 13.0. The second kappa shape index (κ2) is 7.42. The Balaban J connectivity index is 1.81. The fraction of sp³-hybridized carbons (Fsp3) is 0.500. The van der Waals surface area contributed by atoms with Crippen LogP contribution in [0, 0.1) is 6.92 Å². The fourth-order valence-electron chi connectivity index (χ4n) is 3.32. The van der Waals surface area contributed by atoms with Crippen LogP contribution in [-0.4, -0.2) is 43.4 Å². The zero-order valence-electron chi connectivity index (χ0n) is 15.4. The number of halogens is 3. The number of aromatic hydroxyl groups is 1. The van der Waals surface area contributed by atoms with Gasteiger partial charge in [0.2, 0.25) is 5.95 Å². The van der Waals surface area contributed by atoms with E-state index in [1.807, 2.05) is 0 Å². The summed E-state index contributed by atoms with van der Waals surface area (Å²) in [5.74, 6) is -0.730. The predicted molar refractivity (Wildman–Crippen MR) is 94.9 cm³/mol. The first-order valence-corrected chi connectivity index (χ1v) is 8.84. The van der Waals surface area contributed by atoms with Gasteiger partial charge in [0, 0.05) is 11.6 Å². The highest BCUT2D eigenvalue weighted by atomic mass is 19.4. The Morgan fingerprint density at radius 2 is 2.00 bits per heavy atom. The van der Waals surface area contributed by atoms with Crippen molar-refractivity contribution < 1.29 is 28.1 Å². The van der Waals surface area contributed by atoms with Crippen LogP contribution < -0.4 is 10.1 Å². The van der Waals surface area contributed by atoms with Crippen molar-refractivity contribution in [3.63, 3.8) is 0 Å². The van der Waals surface area contributed by atoms with Gasteiger partial charge in [0.15, 0.2) is 0 Å². The van der Waals surface area contributed by atoms with Gasteiger partial charge in [-0.1, -0.05) is 12.8 Å². The number of ether oxygens (including phenoxy) is 1. The lowest BCUT2D eigenvalue weighted by atomic mass is 9.82. The molecule has 1 aliphatic carbocycles. The first-order valence-electron chi connectivity index (χ1n) is 8.84. The maximum absolute atomic E-state index is 12.3. The molecule has 1 heterocycles. The van der Waals surface area contributed by atoms with Crippen LogP contribution in [0.5, 0.6) is 11.5 Å². The summed E-state index contributed by atoms with van der Waals surface area (Å²) in [5, 5.41) is 31.7. The molecule has 2 aromatic rings. The Labute approximate surface area is 159 Å². The van der Waals surface area contributed by atoms with E-state index in [0.29, 0.717) is 12.1 Å². The molecule has 0 unspecified atom stereocenters. The van der Waals surface area contributed by atoms with E-state index in [9.17, 15) is 23.4 Å². The van der Waals surface area contributed by atoms with Crippen molar-refractivity contribution in [2.75, 3.05) is 5.32 Å². The van der Waals surface area contributed by atoms with E-state index in [2.05, 4.69) is 25.2 Å². The number of benzene rings is 1. The second-order valence-corrected chi connectivity index (χ2v) is 7.10. The zero-order valence-corrected chi connectivity index (χ0v) is 15.4. The summed E-state index contributed by atoms with van der Waals surface area (Å²) in [7, 11) is 0. The van der Waals surface area contributed by atoms with Gasteiger partial charge >= 0.3 is 6.36 Å². The van der Waals surface area contributed by atoms with Crippen LogP contribution in [0.3, 0.4) is 0 Å². The molecule has 28 heavy (non-hydrogen) atoms. The third-order valence-electron chi connectivity index (χ3n) is 4.80. The second-order valence-electron chi connectivity index (χ2n) is 7.10. The minimum Gasteiger partial charge on any atom is -0.507 e. The zero-order chi connectivity index (χ0) is 20.5. The molecule has 0 bridgehead atoms. The number of anilines is 1. The van der Waals surface area contributed by atoms with Crippen LogP contribution in [0.1, 0.15) is 38.3 Å². The van der Waals surface area contributed by atoms with Gasteiger partial charge in [-0.05, 0) is 38.8 Å². The highest BCUT2D eigenvalue weighted by Crippen LogP contribution is 2.35. The molecule has 1 aromatic heterocycles. The number of aromatic nitrogens is 3. The maximum Gasteiger partial charge on any atom is 0.573 e. The van der Waals surface area contributed by atoms with Crippen LogP contribution in [0.15, 0.2) is 18.2 Å². The lowest BCUT2D eigenvalue weighted by molar-refractivity contribution is -0.274. The van der Waals surface area contributed by atoms with Crippen LogP contribution in [0.2, 0.25) is 0 Å². The average Bonchev–Trinajstić information content (AvgIpc) is 2.56. The molecule has 0 spiro atoms. The van der Waals surface area contributed by atoms with E-state index < -0.39 is 23.5 Å². The van der Waals surface area contributed by atoms with Gasteiger partial charge < -0.3 is 20.3 Å². The van der Waals surface area contributed by atoms with Crippen LogP contribution in [0.4, 0.5) is 19.1 Å². The van der Waals surface area contributed by atoms with Crippen molar-refractivity contribution >= 4 is 5.95 Å². The maximum atomic E-state index is 12.3. The molecule has 2 atom stereocenters. The number of rotatable bonds is 4. The number of phenols is 1. The first kappa shape index (κ1) is 20.1. The number of nitrogens with zero attached hydrogens (tertiary/aromatic N) is 3. The summed E-state index contributed by atoms with van der Waals surface area (Å²) < 4.78 is 40.7. The van der Waals surface area contributed by atoms with E-state index in [-0.39, 0.29) is 23.2 Å². The predicted octanol–water partition coefficient (Wildman–Crippen LogP) is 3.56. The number of nitrogens with one attached hydrogen (secondary N) is 1. The van der Waals surface area contributed by atoms with Crippen LogP contribution in [0.25, 0.3) is 11.3 Å². The van der Waals surface area contributed by atoms with Crippen molar-refractivity contribution in [3.8, 4) is 22.8 Å². The molecule has 10 heteroatoms. The van der Waals surface area contributed by atoms with Gasteiger partial charge in [-0.3, -0.25) is 0 Å². The van der Waals surface area contributed by atoms with Gasteiger partial charge in [-0.15, -0.1) is 23.4 Å². The Bertz CT molecular complexity index is 858. The number of phenolic OH excluding ortho intramolecular Hbond substituents is 1. The molecule has 3 N–H and O–H groups in total. The van der Waals surface area contributed by atoms with Gasteiger partial charge in [0.1, 0.15) is 17.2 Å². The highest BCUT2D eigenvalue weighted by molar-refractivity contribution is 5.69. The normalized spacial score (nSPS) is 22.7. The van der Waals surface area contributed by atoms with Crippen molar-refractivity contribution in [2.45, 2.75) is 57.5 Å². The van der Waals surface area contributed by atoms with Crippen molar-refractivity contribution in [3.05, 3.63) is 23.9 Å². The number of aliphatic hydroxyl groups is 1. The Hall–Kier alpha value is -2.62. The fourth-order valence-corrected chi connectivity index (χ4v) is 3.32. The van der Waals surface area contributed by atoms with Gasteiger partial charge in [0.05, 0.1) is 17.3 Å². The lowest BCUT2D eigenvalue weighted by Gasteiger charge is -2.37. The van der Waals surface area contributed by atoms with E-state index in [1.54, 1.807) is 13.8 Å². The third-order valence-corrected chi connectivity index (χ3v) is 4.80. The van der Waals surface area contributed by atoms with Crippen LogP contribution >= 0.6 is 0 Å². The SMILES string of the molecule is Cc1nc(N[C@@H]2CCCC[C@@]2(C)O)nnc1-c1ccc(OC(F)(F)F)cc1O. The van der Waals surface area contributed by atoms with Crippen molar-refractivity contribution in [1.29, 1.82) is 0 Å². The standard InChI is InChI=1S/C18H21F3N4O3/c1-10-15(12-7-6-11(9-13(12)26)28-18(19,20)21)24-25-16(22-10)23-14-5-3-4-8-17(14,2)27/h6-7,9,14,26-27H,3-5,8H2,1-2H3,(H,22,23,25)/t14-,17-/m1/s1. The van der Waals surface area contributed by atoms with Gasteiger partial charge in [-0.25, -0.2) is 4.98 Å². The molecular weight excluding hydrogens is 377 g/mol. The number of aryl methyl sites for hydroxylation is 1. The summed E-state index contributed by atoms with van der Waals surface area (Å²) in [5.41, 5.74) is -0.0335. The van der Waals surface area contributed by atoms with E-state index in [0.717, 1.165) is 31.4 Å². The number of hydrogen-bond donors (Lipinski definition) is 3. The quantitative estimate of drug-likeness (QED) is 0.724. The highest BCUT2D eigenvalue weighted by Gasteiger charge is 2.35. The average molecular weight is 398 g/mol. The summed E-state index contributed by atoms with van der Waals surface area (Å²) in [6.45, 7) is 3.41. The molecule has 152 valence electrons. The van der Waals surface area contributed by atoms with Crippen LogP contribution in [-0.2, 0) is 0 Å². The Morgan fingerprint density at radius 1 is 1.25 bits per heavy atom. The molecule has 1 aromatic carbocycles. The van der Waals surface area contributed by atoms with E-state index in [1.165, 1.54) is 6.07 Å². The minimum atomic E-state index is -4.85. The van der Waals surface area contributed by atoms with Gasteiger partial charge in [-0.2, -0.15) is 0 Å². The molecule has 0 saturated heterocycles. The summed E-state index contributed by atoms with van der Waals surface area (Å²) in [6, 6.07) is 2.99. The molecule has 1 saturated carbocycles. The molecule has 0 amide bonds. The topological polar surface area (TPSA) is 100 Å². The largest absolute Gasteiger partial charge is 0.573 e. The molecule has 3 rings (SSSR count). The van der Waals surface area contributed by atoms with Crippen molar-refractivity contribution in [1.82, 2.24) is 15.2 Å². The summed E-state index contributed by atoms with van der Waals surface area (Å²) >= 11 is 0. The Morgan fingerprint density at radius 3 is 2.61 bits per heavy atom. The Kier molecular flexibility index (Phi) is 5.33. The molecule has 0 aliphatic heterocycles. The number of hydrogen-bond acceptors (Lipinski definition) is 7. The third kappa shape index (κ3) is 4.61. The monoisotopic (exact) mass is 398 g/mol. The number of alkyl halides is 3. The van der Waals surface area contributed by atoms with Crippen molar-refractivity contribution in [2.24, 2.45) is 0 Å². The molecule has 1 fully saturated rings. The molecular formula is C18H21F3N4O3. The smallest absolute Gasteiger partial charge is 0.507 e. The molecule has 7 nitrogen and oxygen atoms in total. The molecule has 0 radical (unpaired) electrons. The molecule has 1 aliphatic rings. The van der Waals surface area contributed by atoms with Gasteiger partial charge in [0.25, 0.3) is 0 Å². The summed E-state index contributed by atoms with van der Waals surface area (Å²) in [4.78, 5) is 4.31. The summed E-state index contributed by atoms with van der Waals surface area (Å²) in [6.07, 6.45) is -1.46. The van der Waals surface area contributed by atoms with E-state index >= 15 is 0 Å².